The summed E-state index contributed by atoms with van der Waals surface area (Å²) in [6, 6.07) is 1.82. The molecular formula is C14H21N3O2. The molecule has 0 saturated heterocycles. The van der Waals surface area contributed by atoms with E-state index in [1.54, 1.807) is 0 Å². The van der Waals surface area contributed by atoms with Gasteiger partial charge in [-0.15, -0.1) is 0 Å². The fraction of sp³-hybridized carbons (Fsp3) is 0.571. The molecule has 4 N–H and O–H groups in total. The van der Waals surface area contributed by atoms with E-state index in [0.717, 1.165) is 36.9 Å². The normalized spacial score (nSPS) is 14.9. The highest BCUT2D eigenvalue weighted by Crippen LogP contribution is 2.26. The van der Waals surface area contributed by atoms with E-state index in [-0.39, 0.29) is 0 Å². The number of primary amides is 1. The molecule has 19 heavy (non-hydrogen) atoms. The van der Waals surface area contributed by atoms with Crippen LogP contribution in [0.4, 0.5) is 0 Å². The minimum Gasteiger partial charge on any atom is -0.475 e. The van der Waals surface area contributed by atoms with Gasteiger partial charge in [-0.25, -0.2) is 4.98 Å². The quantitative estimate of drug-likeness (QED) is 0.853. The van der Waals surface area contributed by atoms with Crippen molar-refractivity contribution in [2.45, 2.75) is 45.1 Å². The van der Waals surface area contributed by atoms with Crippen LogP contribution in [0.25, 0.3) is 0 Å². The lowest BCUT2D eigenvalue weighted by atomic mass is 9.95. The summed E-state index contributed by atoms with van der Waals surface area (Å²) in [6.45, 7) is 4.00. The maximum absolute atomic E-state index is 11.5. The summed E-state index contributed by atoms with van der Waals surface area (Å²) in [5.41, 5.74) is 13.3. The minimum absolute atomic E-state index is 0.291. The Morgan fingerprint density at radius 3 is 2.74 bits per heavy atom. The van der Waals surface area contributed by atoms with Crippen LogP contribution >= 0.6 is 0 Å². The summed E-state index contributed by atoms with van der Waals surface area (Å²) < 4.78 is 5.59. The van der Waals surface area contributed by atoms with Crippen LogP contribution in [0.5, 0.6) is 5.88 Å². The second-order valence-corrected chi connectivity index (χ2v) is 5.80. The van der Waals surface area contributed by atoms with Crippen molar-refractivity contribution >= 4 is 5.91 Å². The average molecular weight is 263 g/mol. The SMILES string of the molecule is CC(C)(N)COc1nc2c(cc1C(N)=O)CCCC2. The van der Waals surface area contributed by atoms with Crippen LogP contribution in [0.15, 0.2) is 6.07 Å². The third kappa shape index (κ3) is 3.44. The summed E-state index contributed by atoms with van der Waals surface area (Å²) >= 11 is 0. The second-order valence-electron chi connectivity index (χ2n) is 5.80. The summed E-state index contributed by atoms with van der Waals surface area (Å²) in [7, 11) is 0. The van der Waals surface area contributed by atoms with E-state index in [1.807, 2.05) is 19.9 Å². The number of ether oxygens (including phenoxy) is 1. The van der Waals surface area contributed by atoms with Gasteiger partial charge in [-0.05, 0) is 51.2 Å². The van der Waals surface area contributed by atoms with Crippen LogP contribution in [0.3, 0.4) is 0 Å². The number of pyridine rings is 1. The van der Waals surface area contributed by atoms with Gasteiger partial charge < -0.3 is 16.2 Å². The zero-order valence-corrected chi connectivity index (χ0v) is 11.5. The van der Waals surface area contributed by atoms with Crippen LogP contribution in [0.2, 0.25) is 0 Å². The molecule has 1 aliphatic rings. The standard InChI is InChI=1S/C14H21N3O2/c1-14(2,16)8-19-13-10(12(15)18)7-9-5-3-4-6-11(9)17-13/h7H,3-6,8,16H2,1-2H3,(H2,15,18). The molecule has 0 unspecified atom stereocenters. The van der Waals surface area contributed by atoms with Crippen LogP contribution in [0, 0.1) is 0 Å². The number of aromatic nitrogens is 1. The number of nitrogens with two attached hydrogens (primary N) is 2. The first-order chi connectivity index (χ1) is 8.87. The first-order valence-corrected chi connectivity index (χ1v) is 6.61. The molecule has 1 amide bonds. The zero-order valence-electron chi connectivity index (χ0n) is 11.5. The van der Waals surface area contributed by atoms with Crippen molar-refractivity contribution in [1.29, 1.82) is 0 Å². The lowest BCUT2D eigenvalue weighted by molar-refractivity contribution is 0.0993. The Labute approximate surface area is 113 Å². The highest BCUT2D eigenvalue weighted by atomic mass is 16.5. The maximum Gasteiger partial charge on any atom is 0.254 e. The Hall–Kier alpha value is -1.62. The van der Waals surface area contributed by atoms with Gasteiger partial charge in [0.2, 0.25) is 5.88 Å². The monoisotopic (exact) mass is 263 g/mol. The predicted molar refractivity (Wildman–Crippen MR) is 73.2 cm³/mol. The first-order valence-electron chi connectivity index (χ1n) is 6.61. The molecule has 0 spiro atoms. The molecule has 0 radical (unpaired) electrons. The molecule has 1 heterocycles. The third-order valence-electron chi connectivity index (χ3n) is 3.11. The molecule has 0 fully saturated rings. The molecule has 0 aromatic carbocycles. The van der Waals surface area contributed by atoms with Crippen molar-refractivity contribution in [2.24, 2.45) is 11.5 Å². The van der Waals surface area contributed by atoms with Crippen molar-refractivity contribution in [3.05, 3.63) is 22.9 Å². The van der Waals surface area contributed by atoms with Crippen LogP contribution in [-0.4, -0.2) is 23.0 Å². The summed E-state index contributed by atoms with van der Waals surface area (Å²) in [5.74, 6) is -0.197. The van der Waals surface area contributed by atoms with Gasteiger partial charge in [0.05, 0.1) is 0 Å². The van der Waals surface area contributed by atoms with Gasteiger partial charge in [-0.3, -0.25) is 4.79 Å². The summed E-state index contributed by atoms with van der Waals surface area (Å²) in [5, 5.41) is 0. The zero-order chi connectivity index (χ0) is 14.0. The molecule has 5 heteroatoms. The van der Waals surface area contributed by atoms with E-state index in [0.29, 0.717) is 18.1 Å². The highest BCUT2D eigenvalue weighted by Gasteiger charge is 2.20. The van der Waals surface area contributed by atoms with Gasteiger partial charge in [0.15, 0.2) is 0 Å². The minimum atomic E-state index is -0.509. The van der Waals surface area contributed by atoms with Gasteiger partial charge in [0.1, 0.15) is 12.2 Å². The van der Waals surface area contributed by atoms with Crippen molar-refractivity contribution in [3.8, 4) is 5.88 Å². The Bertz CT molecular complexity index is 492. The van der Waals surface area contributed by atoms with Crippen LogP contribution < -0.4 is 16.2 Å². The van der Waals surface area contributed by atoms with Crippen LogP contribution in [-0.2, 0) is 12.8 Å². The topological polar surface area (TPSA) is 91.2 Å². The average Bonchev–Trinajstić information content (AvgIpc) is 2.34. The van der Waals surface area contributed by atoms with E-state index in [9.17, 15) is 4.79 Å². The van der Waals surface area contributed by atoms with Crippen molar-refractivity contribution < 1.29 is 9.53 Å². The molecule has 0 saturated carbocycles. The molecule has 1 aromatic heterocycles. The van der Waals surface area contributed by atoms with Crippen molar-refractivity contribution in [3.63, 3.8) is 0 Å². The fourth-order valence-electron chi connectivity index (χ4n) is 2.16. The number of rotatable bonds is 4. The van der Waals surface area contributed by atoms with Crippen molar-refractivity contribution in [1.82, 2.24) is 4.98 Å². The Balaban J connectivity index is 2.32. The lowest BCUT2D eigenvalue weighted by Gasteiger charge is -2.21. The van der Waals surface area contributed by atoms with E-state index in [1.165, 1.54) is 0 Å². The van der Waals surface area contributed by atoms with Gasteiger partial charge >= 0.3 is 0 Å². The van der Waals surface area contributed by atoms with Gasteiger partial charge in [0, 0.05) is 11.2 Å². The number of nitrogens with zero attached hydrogens (tertiary/aromatic N) is 1. The Kier molecular flexibility index (Phi) is 3.75. The summed E-state index contributed by atoms with van der Waals surface area (Å²) in [4.78, 5) is 16.0. The number of hydrogen-bond donors (Lipinski definition) is 2. The Morgan fingerprint density at radius 2 is 2.11 bits per heavy atom. The van der Waals surface area contributed by atoms with Crippen molar-refractivity contribution in [2.75, 3.05) is 6.61 Å². The van der Waals surface area contributed by atoms with Gasteiger partial charge in [-0.1, -0.05) is 0 Å². The van der Waals surface area contributed by atoms with Gasteiger partial charge in [-0.2, -0.15) is 0 Å². The molecule has 1 aliphatic carbocycles. The number of hydrogen-bond acceptors (Lipinski definition) is 4. The molecule has 2 rings (SSSR count). The first kappa shape index (κ1) is 13.8. The number of aryl methyl sites for hydroxylation is 2. The predicted octanol–water partition coefficient (Wildman–Crippen LogP) is 1.18. The maximum atomic E-state index is 11.5. The second kappa shape index (κ2) is 5.17. The summed E-state index contributed by atoms with van der Waals surface area (Å²) in [6.07, 6.45) is 4.13. The Morgan fingerprint density at radius 1 is 1.42 bits per heavy atom. The smallest absolute Gasteiger partial charge is 0.254 e. The van der Waals surface area contributed by atoms with E-state index >= 15 is 0 Å². The third-order valence-corrected chi connectivity index (χ3v) is 3.11. The number of amides is 1. The molecular weight excluding hydrogens is 242 g/mol. The van der Waals surface area contributed by atoms with Gasteiger partial charge in [0.25, 0.3) is 5.91 Å². The van der Waals surface area contributed by atoms with E-state index < -0.39 is 11.4 Å². The number of fused-ring (bicyclic) bond motifs is 1. The molecule has 1 aromatic rings. The molecule has 0 bridgehead atoms. The lowest BCUT2D eigenvalue weighted by Crippen LogP contribution is -2.39. The van der Waals surface area contributed by atoms with Crippen LogP contribution in [0.1, 0.15) is 48.3 Å². The van der Waals surface area contributed by atoms with E-state index in [2.05, 4.69) is 4.98 Å². The molecule has 5 nitrogen and oxygen atoms in total. The molecule has 0 aliphatic heterocycles. The number of carbonyl (C=O) groups is 1. The fourth-order valence-corrected chi connectivity index (χ4v) is 2.16. The molecule has 104 valence electrons. The number of carbonyl (C=O) groups excluding carboxylic acids is 1. The largest absolute Gasteiger partial charge is 0.475 e. The highest BCUT2D eigenvalue weighted by molar-refractivity contribution is 5.95. The molecule has 0 atom stereocenters. The van der Waals surface area contributed by atoms with E-state index in [4.69, 9.17) is 16.2 Å².